The molecule has 0 aliphatic rings. The smallest absolute Gasteiger partial charge is 0.159 e. The Labute approximate surface area is 187 Å². The molecule has 0 aliphatic heterocycles. The quantitative estimate of drug-likeness (QED) is 0.232. The van der Waals surface area contributed by atoms with E-state index in [1.54, 1.807) is 18.2 Å². The number of hydrogen-bond acceptors (Lipinski definition) is 1. The zero-order valence-electron chi connectivity index (χ0n) is 17.5. The first-order valence-electron chi connectivity index (χ1n) is 10.2. The molecule has 166 valence electrons. The number of fused-ring (bicyclic) bond motifs is 1. The lowest BCUT2D eigenvalue weighted by Crippen LogP contribution is -1.98. The molecule has 0 unspecified atom stereocenters. The number of benzene rings is 4. The molecular weight excluding hydrogens is 435 g/mol. The fourth-order valence-electron chi connectivity index (χ4n) is 3.36. The Morgan fingerprint density at radius 2 is 1.36 bits per heavy atom. The lowest BCUT2D eigenvalue weighted by molar-refractivity contribution is 0.314. The van der Waals surface area contributed by atoms with Gasteiger partial charge >= 0.3 is 0 Å². The average Bonchev–Trinajstić information content (AvgIpc) is 2.77. The highest BCUT2D eigenvalue weighted by molar-refractivity contribution is 5.84. The highest BCUT2D eigenvalue weighted by Gasteiger charge is 2.15. The highest BCUT2D eigenvalue weighted by atomic mass is 19.2. The van der Waals surface area contributed by atoms with Gasteiger partial charge in [0.2, 0.25) is 0 Å². The van der Waals surface area contributed by atoms with E-state index >= 15 is 0 Å². The van der Waals surface area contributed by atoms with Gasteiger partial charge in [-0.3, -0.25) is 0 Å². The van der Waals surface area contributed by atoms with Crippen LogP contribution in [0.4, 0.5) is 22.0 Å². The summed E-state index contributed by atoms with van der Waals surface area (Å²) in [6.45, 7) is 2.19. The molecule has 0 aromatic heterocycles. The van der Waals surface area contributed by atoms with Crippen LogP contribution in [0.1, 0.15) is 24.5 Å². The third kappa shape index (κ3) is 4.83. The predicted octanol–water partition coefficient (Wildman–Crippen LogP) is 7.39. The van der Waals surface area contributed by atoms with E-state index in [4.69, 9.17) is 4.74 Å². The third-order valence-corrected chi connectivity index (χ3v) is 4.97. The van der Waals surface area contributed by atoms with E-state index in [0.29, 0.717) is 29.4 Å². The molecule has 0 bridgehead atoms. The zero-order chi connectivity index (χ0) is 23.5. The molecule has 0 heterocycles. The molecule has 33 heavy (non-hydrogen) atoms. The van der Waals surface area contributed by atoms with Crippen molar-refractivity contribution in [2.75, 3.05) is 6.61 Å². The van der Waals surface area contributed by atoms with Crippen LogP contribution >= 0.6 is 0 Å². The molecule has 0 saturated carbocycles. The van der Waals surface area contributed by atoms with Gasteiger partial charge in [0.1, 0.15) is 23.2 Å². The number of rotatable bonds is 4. The van der Waals surface area contributed by atoms with Crippen molar-refractivity contribution >= 4 is 10.8 Å². The Morgan fingerprint density at radius 1 is 0.667 bits per heavy atom. The normalized spacial score (nSPS) is 10.7. The van der Waals surface area contributed by atoms with Gasteiger partial charge in [-0.15, -0.1) is 0 Å². The van der Waals surface area contributed by atoms with Crippen LogP contribution in [0.2, 0.25) is 0 Å². The van der Waals surface area contributed by atoms with Gasteiger partial charge in [0.25, 0.3) is 0 Å². The molecule has 1 nitrogen and oxygen atoms in total. The van der Waals surface area contributed by atoms with Crippen LogP contribution in [-0.4, -0.2) is 6.61 Å². The largest absolute Gasteiger partial charge is 0.493 e. The molecule has 4 aromatic rings. The summed E-state index contributed by atoms with van der Waals surface area (Å²) in [6.07, 6.45) is 0.688. The van der Waals surface area contributed by atoms with E-state index in [2.05, 4.69) is 11.8 Å². The van der Waals surface area contributed by atoms with Gasteiger partial charge in [-0.2, -0.15) is 0 Å². The van der Waals surface area contributed by atoms with Gasteiger partial charge in [0, 0.05) is 17.7 Å². The first-order chi connectivity index (χ1) is 15.9. The van der Waals surface area contributed by atoms with Crippen molar-refractivity contribution in [1.29, 1.82) is 0 Å². The van der Waals surface area contributed by atoms with E-state index < -0.39 is 29.1 Å². The lowest BCUT2D eigenvalue weighted by Gasteiger charge is -2.10. The van der Waals surface area contributed by atoms with Crippen molar-refractivity contribution in [2.45, 2.75) is 13.3 Å². The maximum atomic E-state index is 14.6. The van der Waals surface area contributed by atoms with Gasteiger partial charge in [-0.1, -0.05) is 30.9 Å². The molecule has 0 saturated heterocycles. The second-order valence-electron chi connectivity index (χ2n) is 7.38. The summed E-state index contributed by atoms with van der Waals surface area (Å²) in [7, 11) is 0. The van der Waals surface area contributed by atoms with Crippen LogP contribution in [0, 0.1) is 40.9 Å². The molecule has 0 amide bonds. The second-order valence-corrected chi connectivity index (χ2v) is 7.38. The van der Waals surface area contributed by atoms with Crippen LogP contribution in [0.25, 0.3) is 21.9 Å². The molecule has 0 fully saturated rings. The summed E-state index contributed by atoms with van der Waals surface area (Å²) >= 11 is 0. The zero-order valence-corrected chi connectivity index (χ0v) is 17.5. The summed E-state index contributed by atoms with van der Waals surface area (Å²) < 4.78 is 75.7. The monoisotopic (exact) mass is 452 g/mol. The SMILES string of the molecule is CCCOc1cc(F)c(-c2ccc(C#Cc3ccc4cc(F)c(F)cc4c3)c(F)c2)c(F)c1. The van der Waals surface area contributed by atoms with Gasteiger partial charge in [0.15, 0.2) is 11.6 Å². The summed E-state index contributed by atoms with van der Waals surface area (Å²) in [5, 5.41) is 0.957. The molecule has 0 radical (unpaired) electrons. The van der Waals surface area contributed by atoms with E-state index in [9.17, 15) is 22.0 Å². The van der Waals surface area contributed by atoms with Crippen LogP contribution in [0.5, 0.6) is 5.75 Å². The lowest BCUT2D eigenvalue weighted by atomic mass is 10.0. The van der Waals surface area contributed by atoms with E-state index in [0.717, 1.165) is 30.3 Å². The standard InChI is InChI=1S/C27H17F5O/c1-2-9-33-21-14-25(31)27(26(32)15-21)19-8-7-17(22(28)12-19)5-3-16-4-6-18-11-23(29)24(30)13-20(18)10-16/h4,6-8,10-15H,2,9H2,1H3. The summed E-state index contributed by atoms with van der Waals surface area (Å²) in [6, 6.07) is 12.7. The molecule has 0 aliphatic carbocycles. The van der Waals surface area contributed by atoms with Crippen molar-refractivity contribution in [3.05, 3.63) is 101 Å². The fraction of sp³-hybridized carbons (Fsp3) is 0.111. The predicted molar refractivity (Wildman–Crippen MR) is 117 cm³/mol. The summed E-state index contributed by atoms with van der Waals surface area (Å²) in [4.78, 5) is 0. The maximum Gasteiger partial charge on any atom is 0.159 e. The minimum absolute atomic E-state index is 0.0212. The molecule has 0 spiro atoms. The maximum absolute atomic E-state index is 14.6. The summed E-state index contributed by atoms with van der Waals surface area (Å²) in [5.41, 5.74) is 0.156. The van der Waals surface area contributed by atoms with Crippen LogP contribution < -0.4 is 4.74 Å². The minimum Gasteiger partial charge on any atom is -0.493 e. The first kappa shape index (κ1) is 22.3. The van der Waals surface area contributed by atoms with Crippen molar-refractivity contribution in [3.63, 3.8) is 0 Å². The third-order valence-electron chi connectivity index (χ3n) is 4.97. The van der Waals surface area contributed by atoms with Gasteiger partial charge in [-0.25, -0.2) is 22.0 Å². The summed E-state index contributed by atoms with van der Waals surface area (Å²) in [5.74, 6) is 1.10. The minimum atomic E-state index is -0.973. The fourth-order valence-corrected chi connectivity index (χ4v) is 3.36. The van der Waals surface area contributed by atoms with Gasteiger partial charge in [0.05, 0.1) is 17.7 Å². The molecule has 0 N–H and O–H groups in total. The Kier molecular flexibility index (Phi) is 6.32. The van der Waals surface area contributed by atoms with Crippen LogP contribution in [0.3, 0.4) is 0 Å². The Morgan fingerprint density at radius 3 is 2.03 bits per heavy atom. The van der Waals surface area contributed by atoms with E-state index in [1.165, 1.54) is 12.1 Å². The highest BCUT2D eigenvalue weighted by Crippen LogP contribution is 2.31. The Balaban J connectivity index is 1.63. The molecule has 6 heteroatoms. The Hall–Kier alpha value is -3.85. The Bertz CT molecular complexity index is 1390. The van der Waals surface area contributed by atoms with Crippen molar-refractivity contribution in [1.82, 2.24) is 0 Å². The van der Waals surface area contributed by atoms with Gasteiger partial charge in [-0.05, 0) is 59.2 Å². The molecule has 4 rings (SSSR count). The van der Waals surface area contributed by atoms with Crippen LogP contribution in [-0.2, 0) is 0 Å². The molecule has 4 aromatic carbocycles. The number of hydrogen-bond donors (Lipinski definition) is 0. The number of halogens is 5. The first-order valence-corrected chi connectivity index (χ1v) is 10.2. The van der Waals surface area contributed by atoms with Crippen molar-refractivity contribution in [3.8, 4) is 28.7 Å². The molecule has 0 atom stereocenters. The van der Waals surface area contributed by atoms with E-state index in [1.807, 2.05) is 6.92 Å². The number of ether oxygens (including phenoxy) is 1. The topological polar surface area (TPSA) is 9.23 Å². The van der Waals surface area contributed by atoms with Crippen molar-refractivity contribution < 1.29 is 26.7 Å². The van der Waals surface area contributed by atoms with E-state index in [-0.39, 0.29) is 22.4 Å². The molecular formula is C27H17F5O. The van der Waals surface area contributed by atoms with Gasteiger partial charge < -0.3 is 4.74 Å². The average molecular weight is 452 g/mol. The second kappa shape index (κ2) is 9.33. The van der Waals surface area contributed by atoms with Crippen molar-refractivity contribution in [2.24, 2.45) is 0 Å². The van der Waals surface area contributed by atoms with Crippen LogP contribution in [0.15, 0.2) is 60.7 Å².